The monoisotopic (exact) mass is 298 g/mol. The van der Waals surface area contributed by atoms with Crippen LogP contribution in [0.1, 0.15) is 28.4 Å². The smallest absolute Gasteiger partial charge is 0.319 e. The first-order chi connectivity index (χ1) is 10.5. The first-order valence-electron chi connectivity index (χ1n) is 7.32. The molecule has 0 spiro atoms. The van der Waals surface area contributed by atoms with E-state index >= 15 is 0 Å². The van der Waals surface area contributed by atoms with E-state index in [1.165, 1.54) is 0 Å². The van der Waals surface area contributed by atoms with Crippen LogP contribution in [-0.4, -0.2) is 17.7 Å². The molecule has 1 unspecified atom stereocenters. The molecule has 0 aliphatic heterocycles. The summed E-state index contributed by atoms with van der Waals surface area (Å²) in [7, 11) is 0. The minimum atomic E-state index is -0.717. The second-order valence-corrected chi connectivity index (χ2v) is 5.58. The van der Waals surface area contributed by atoms with Gasteiger partial charge in [0.25, 0.3) is 0 Å². The highest BCUT2D eigenvalue weighted by atomic mass is 16.3. The molecular weight excluding hydrogens is 276 g/mol. The van der Waals surface area contributed by atoms with Gasteiger partial charge in [-0.15, -0.1) is 0 Å². The summed E-state index contributed by atoms with van der Waals surface area (Å²) >= 11 is 0. The fraction of sp³-hybridized carbons (Fsp3) is 0.278. The summed E-state index contributed by atoms with van der Waals surface area (Å²) in [6.45, 7) is 6.12. The Morgan fingerprint density at radius 3 is 2.32 bits per heavy atom. The Bertz CT molecular complexity index is 651. The standard InChI is InChI=1S/C18H22N2O2/c1-12-4-7-15(8-5-12)17(21)11-19-18(22)20-16-9-6-13(2)10-14(16)3/h4-10,17,21H,11H2,1-3H3,(H2,19,20,22). The lowest BCUT2D eigenvalue weighted by Crippen LogP contribution is -2.32. The van der Waals surface area contributed by atoms with Crippen molar-refractivity contribution >= 4 is 11.7 Å². The predicted octanol–water partition coefficient (Wildman–Crippen LogP) is 3.47. The third kappa shape index (κ3) is 4.33. The Morgan fingerprint density at radius 1 is 1.05 bits per heavy atom. The average molecular weight is 298 g/mol. The van der Waals surface area contributed by atoms with Crippen molar-refractivity contribution in [3.05, 3.63) is 64.7 Å². The first-order valence-corrected chi connectivity index (χ1v) is 7.32. The van der Waals surface area contributed by atoms with Crippen LogP contribution in [0.5, 0.6) is 0 Å². The zero-order valence-corrected chi connectivity index (χ0v) is 13.2. The normalized spacial score (nSPS) is 11.8. The highest BCUT2D eigenvalue weighted by Gasteiger charge is 2.10. The highest BCUT2D eigenvalue weighted by Crippen LogP contribution is 2.16. The van der Waals surface area contributed by atoms with Crippen LogP contribution in [0.3, 0.4) is 0 Å². The van der Waals surface area contributed by atoms with E-state index in [0.29, 0.717) is 0 Å². The minimum Gasteiger partial charge on any atom is -0.387 e. The Morgan fingerprint density at radius 2 is 1.68 bits per heavy atom. The molecule has 0 saturated heterocycles. The van der Waals surface area contributed by atoms with Crippen molar-refractivity contribution < 1.29 is 9.90 Å². The van der Waals surface area contributed by atoms with E-state index in [0.717, 1.165) is 27.9 Å². The SMILES string of the molecule is Cc1ccc(C(O)CNC(=O)Nc2ccc(C)cc2C)cc1. The van der Waals surface area contributed by atoms with Gasteiger partial charge in [-0.25, -0.2) is 4.79 Å². The van der Waals surface area contributed by atoms with Gasteiger partial charge >= 0.3 is 6.03 Å². The van der Waals surface area contributed by atoms with E-state index in [2.05, 4.69) is 10.6 Å². The van der Waals surface area contributed by atoms with Crippen LogP contribution in [0.2, 0.25) is 0 Å². The molecular formula is C18H22N2O2. The Kier molecular flexibility index (Phi) is 5.17. The summed E-state index contributed by atoms with van der Waals surface area (Å²) < 4.78 is 0. The summed E-state index contributed by atoms with van der Waals surface area (Å²) in [5.74, 6) is 0. The van der Waals surface area contributed by atoms with Crippen LogP contribution >= 0.6 is 0 Å². The zero-order chi connectivity index (χ0) is 16.1. The third-order valence-corrected chi connectivity index (χ3v) is 3.55. The van der Waals surface area contributed by atoms with Crippen molar-refractivity contribution in [3.8, 4) is 0 Å². The number of rotatable bonds is 4. The van der Waals surface area contributed by atoms with Gasteiger partial charge in [0.2, 0.25) is 0 Å². The number of hydrogen-bond donors (Lipinski definition) is 3. The molecule has 0 saturated carbocycles. The van der Waals surface area contributed by atoms with E-state index in [1.54, 1.807) is 0 Å². The zero-order valence-electron chi connectivity index (χ0n) is 13.2. The van der Waals surface area contributed by atoms with Crippen LogP contribution in [0.4, 0.5) is 10.5 Å². The van der Waals surface area contributed by atoms with Crippen LogP contribution in [0, 0.1) is 20.8 Å². The lowest BCUT2D eigenvalue weighted by Gasteiger charge is -2.14. The molecule has 2 aromatic rings. The number of anilines is 1. The second kappa shape index (κ2) is 7.09. The summed E-state index contributed by atoms with van der Waals surface area (Å²) in [4.78, 5) is 11.9. The van der Waals surface area contributed by atoms with Gasteiger partial charge in [0.05, 0.1) is 6.10 Å². The lowest BCUT2D eigenvalue weighted by molar-refractivity contribution is 0.175. The number of urea groups is 1. The van der Waals surface area contributed by atoms with Crippen molar-refractivity contribution in [1.82, 2.24) is 5.32 Å². The van der Waals surface area contributed by atoms with Crippen molar-refractivity contribution in [2.24, 2.45) is 0 Å². The van der Waals surface area contributed by atoms with E-state index in [-0.39, 0.29) is 12.6 Å². The van der Waals surface area contributed by atoms with Gasteiger partial charge in [-0.1, -0.05) is 47.5 Å². The molecule has 0 radical (unpaired) electrons. The maximum absolute atomic E-state index is 11.9. The van der Waals surface area contributed by atoms with Gasteiger partial charge in [0.1, 0.15) is 0 Å². The summed E-state index contributed by atoms with van der Waals surface area (Å²) in [6.07, 6.45) is -0.717. The fourth-order valence-corrected chi connectivity index (χ4v) is 2.22. The molecule has 2 rings (SSSR count). The molecule has 0 aliphatic rings. The Labute approximate surface area is 131 Å². The molecule has 0 aromatic heterocycles. The summed E-state index contributed by atoms with van der Waals surface area (Å²) in [6, 6.07) is 13.1. The molecule has 4 nitrogen and oxygen atoms in total. The maximum Gasteiger partial charge on any atom is 0.319 e. The molecule has 4 heteroatoms. The number of benzene rings is 2. The molecule has 0 aliphatic carbocycles. The first kappa shape index (κ1) is 16.0. The van der Waals surface area contributed by atoms with Gasteiger partial charge in [0, 0.05) is 12.2 Å². The molecule has 0 bridgehead atoms. The molecule has 0 fully saturated rings. The Hall–Kier alpha value is -2.33. The van der Waals surface area contributed by atoms with Crippen LogP contribution in [0.25, 0.3) is 0 Å². The number of aliphatic hydroxyl groups excluding tert-OH is 1. The molecule has 22 heavy (non-hydrogen) atoms. The number of amides is 2. The maximum atomic E-state index is 11.9. The molecule has 0 heterocycles. The quantitative estimate of drug-likeness (QED) is 0.809. The van der Waals surface area contributed by atoms with E-state index < -0.39 is 6.10 Å². The molecule has 3 N–H and O–H groups in total. The number of carbonyl (C=O) groups is 1. The minimum absolute atomic E-state index is 0.166. The van der Waals surface area contributed by atoms with Gasteiger partial charge in [-0.3, -0.25) is 0 Å². The number of hydrogen-bond acceptors (Lipinski definition) is 2. The lowest BCUT2D eigenvalue weighted by atomic mass is 10.1. The van der Waals surface area contributed by atoms with E-state index in [9.17, 15) is 9.90 Å². The van der Waals surface area contributed by atoms with E-state index in [4.69, 9.17) is 0 Å². The van der Waals surface area contributed by atoms with Crippen molar-refractivity contribution in [2.45, 2.75) is 26.9 Å². The highest BCUT2D eigenvalue weighted by molar-refractivity contribution is 5.90. The van der Waals surface area contributed by atoms with Crippen molar-refractivity contribution in [3.63, 3.8) is 0 Å². The fourth-order valence-electron chi connectivity index (χ4n) is 2.22. The number of nitrogens with one attached hydrogen (secondary N) is 2. The number of aliphatic hydroxyl groups is 1. The summed E-state index contributed by atoms with van der Waals surface area (Å²) in [5, 5.41) is 15.6. The van der Waals surface area contributed by atoms with Crippen molar-refractivity contribution in [2.75, 3.05) is 11.9 Å². The third-order valence-electron chi connectivity index (χ3n) is 3.55. The van der Waals surface area contributed by atoms with Gasteiger partial charge < -0.3 is 15.7 Å². The Balaban J connectivity index is 1.88. The second-order valence-electron chi connectivity index (χ2n) is 5.58. The number of aryl methyl sites for hydroxylation is 3. The average Bonchev–Trinajstić information content (AvgIpc) is 2.48. The van der Waals surface area contributed by atoms with Crippen LogP contribution in [0.15, 0.2) is 42.5 Å². The number of carbonyl (C=O) groups excluding carboxylic acids is 1. The van der Waals surface area contributed by atoms with Gasteiger partial charge in [-0.05, 0) is 38.0 Å². The molecule has 2 aromatic carbocycles. The topological polar surface area (TPSA) is 61.4 Å². The van der Waals surface area contributed by atoms with Gasteiger partial charge in [-0.2, -0.15) is 0 Å². The molecule has 116 valence electrons. The van der Waals surface area contributed by atoms with E-state index in [1.807, 2.05) is 63.2 Å². The van der Waals surface area contributed by atoms with Crippen LogP contribution < -0.4 is 10.6 Å². The molecule has 1 atom stereocenters. The summed E-state index contributed by atoms with van der Waals surface area (Å²) in [5.41, 5.74) is 4.86. The largest absolute Gasteiger partial charge is 0.387 e. The van der Waals surface area contributed by atoms with Crippen LogP contribution in [-0.2, 0) is 0 Å². The van der Waals surface area contributed by atoms with Crippen molar-refractivity contribution in [1.29, 1.82) is 0 Å². The predicted molar refractivity (Wildman–Crippen MR) is 89.1 cm³/mol. The molecule has 2 amide bonds. The van der Waals surface area contributed by atoms with Gasteiger partial charge in [0.15, 0.2) is 0 Å².